The van der Waals surface area contributed by atoms with Crippen LogP contribution in [0.25, 0.3) is 0 Å². The molecule has 10 N–H and O–H groups in total. The van der Waals surface area contributed by atoms with Crippen LogP contribution in [0.5, 0.6) is 0 Å². The summed E-state index contributed by atoms with van der Waals surface area (Å²) in [6.07, 6.45) is 1.65. The van der Waals surface area contributed by atoms with Gasteiger partial charge in [0, 0.05) is 0 Å². The van der Waals surface area contributed by atoms with Gasteiger partial charge in [0.05, 0.1) is 19.3 Å². The second kappa shape index (κ2) is 13.0. The number of aliphatic hydroxyl groups excluding tert-OH is 2. The molecule has 0 radical (unpaired) electrons. The molecular formula is C15H29N5O7. The average molecular weight is 391 g/mol. The Labute approximate surface area is 156 Å². The molecule has 12 heteroatoms. The van der Waals surface area contributed by atoms with Gasteiger partial charge >= 0.3 is 5.97 Å². The molecule has 27 heavy (non-hydrogen) atoms. The largest absolute Gasteiger partial charge is 0.480 e. The van der Waals surface area contributed by atoms with Crippen LogP contribution in [0.3, 0.4) is 0 Å². The first-order chi connectivity index (χ1) is 12.7. The van der Waals surface area contributed by atoms with Crippen LogP contribution in [0.2, 0.25) is 0 Å². The third-order valence-corrected chi connectivity index (χ3v) is 3.67. The molecule has 0 saturated carbocycles. The maximum atomic E-state index is 12.1. The maximum Gasteiger partial charge on any atom is 0.325 e. The van der Waals surface area contributed by atoms with E-state index in [0.717, 1.165) is 0 Å². The summed E-state index contributed by atoms with van der Waals surface area (Å²) < 4.78 is 0. The van der Waals surface area contributed by atoms with Crippen molar-refractivity contribution < 1.29 is 34.5 Å². The topological polar surface area (TPSA) is 217 Å². The van der Waals surface area contributed by atoms with E-state index in [0.29, 0.717) is 25.8 Å². The first-order valence-electron chi connectivity index (χ1n) is 8.49. The van der Waals surface area contributed by atoms with Crippen LogP contribution in [0.4, 0.5) is 0 Å². The van der Waals surface area contributed by atoms with Crippen molar-refractivity contribution in [3.63, 3.8) is 0 Å². The minimum Gasteiger partial charge on any atom is -0.480 e. The fourth-order valence-electron chi connectivity index (χ4n) is 1.95. The normalized spacial score (nSPS) is 15.1. The van der Waals surface area contributed by atoms with Gasteiger partial charge in [0.25, 0.3) is 0 Å². The zero-order chi connectivity index (χ0) is 21.0. The maximum absolute atomic E-state index is 12.1. The fraction of sp³-hybridized carbons (Fsp3) is 0.733. The van der Waals surface area contributed by atoms with E-state index in [1.807, 2.05) is 0 Å². The number of carboxylic acids is 1. The molecule has 0 fully saturated rings. The Hall–Kier alpha value is -2.28. The highest BCUT2D eigenvalue weighted by Gasteiger charge is 2.28. The van der Waals surface area contributed by atoms with E-state index >= 15 is 0 Å². The van der Waals surface area contributed by atoms with Gasteiger partial charge in [-0.2, -0.15) is 0 Å². The first kappa shape index (κ1) is 24.7. The van der Waals surface area contributed by atoms with Gasteiger partial charge in [0.1, 0.15) is 18.1 Å². The third-order valence-electron chi connectivity index (χ3n) is 3.67. The summed E-state index contributed by atoms with van der Waals surface area (Å²) in [5.41, 5.74) is 11.0. The smallest absolute Gasteiger partial charge is 0.325 e. The number of carbonyl (C=O) groups excluding carboxylic acids is 3. The Morgan fingerprint density at radius 3 is 1.81 bits per heavy atom. The predicted molar refractivity (Wildman–Crippen MR) is 94.2 cm³/mol. The van der Waals surface area contributed by atoms with Crippen molar-refractivity contribution in [3.8, 4) is 0 Å². The number of aliphatic hydroxyl groups is 2. The van der Waals surface area contributed by atoms with E-state index in [4.69, 9.17) is 16.6 Å². The molecule has 0 aliphatic heterocycles. The lowest BCUT2D eigenvalue weighted by Gasteiger charge is -2.22. The van der Waals surface area contributed by atoms with Crippen molar-refractivity contribution >= 4 is 23.7 Å². The third kappa shape index (κ3) is 9.28. The number of hydrogen-bond acceptors (Lipinski definition) is 8. The number of aliphatic carboxylic acids is 1. The van der Waals surface area contributed by atoms with Gasteiger partial charge in [-0.1, -0.05) is 6.42 Å². The van der Waals surface area contributed by atoms with Crippen molar-refractivity contribution in [2.75, 3.05) is 19.8 Å². The molecule has 4 unspecified atom stereocenters. The van der Waals surface area contributed by atoms with E-state index < -0.39 is 61.1 Å². The van der Waals surface area contributed by atoms with E-state index in [-0.39, 0.29) is 0 Å². The molecule has 4 atom stereocenters. The number of unbranched alkanes of at least 4 members (excludes halogenated alkanes) is 1. The monoisotopic (exact) mass is 391 g/mol. The van der Waals surface area contributed by atoms with Crippen LogP contribution >= 0.6 is 0 Å². The van der Waals surface area contributed by atoms with Gasteiger partial charge in [-0.05, 0) is 26.3 Å². The van der Waals surface area contributed by atoms with Crippen LogP contribution in [-0.2, 0) is 19.2 Å². The van der Waals surface area contributed by atoms with E-state index in [2.05, 4.69) is 16.0 Å². The molecule has 0 heterocycles. The molecule has 156 valence electrons. The van der Waals surface area contributed by atoms with E-state index in [9.17, 15) is 29.4 Å². The number of nitrogens with one attached hydrogen (secondary N) is 3. The van der Waals surface area contributed by atoms with Gasteiger partial charge in [-0.3, -0.25) is 19.2 Å². The van der Waals surface area contributed by atoms with Gasteiger partial charge < -0.3 is 42.7 Å². The summed E-state index contributed by atoms with van der Waals surface area (Å²) >= 11 is 0. The Morgan fingerprint density at radius 2 is 1.37 bits per heavy atom. The lowest BCUT2D eigenvalue weighted by molar-refractivity contribution is -0.142. The fourth-order valence-corrected chi connectivity index (χ4v) is 1.95. The van der Waals surface area contributed by atoms with Gasteiger partial charge in [-0.25, -0.2) is 0 Å². The highest BCUT2D eigenvalue weighted by Crippen LogP contribution is 1.99. The van der Waals surface area contributed by atoms with Gasteiger partial charge in [0.2, 0.25) is 17.7 Å². The zero-order valence-corrected chi connectivity index (χ0v) is 15.2. The summed E-state index contributed by atoms with van der Waals surface area (Å²) in [4.78, 5) is 46.7. The van der Waals surface area contributed by atoms with Crippen molar-refractivity contribution in [2.45, 2.75) is 50.4 Å². The van der Waals surface area contributed by atoms with Crippen molar-refractivity contribution in [3.05, 3.63) is 0 Å². The summed E-state index contributed by atoms with van der Waals surface area (Å²) in [5, 5.41) is 33.8. The lowest BCUT2D eigenvalue weighted by atomic mass is 10.1. The lowest BCUT2D eigenvalue weighted by Crippen LogP contribution is -2.58. The summed E-state index contributed by atoms with van der Waals surface area (Å²) in [7, 11) is 0. The molecule has 0 aromatic rings. The second-order valence-corrected chi connectivity index (χ2v) is 5.95. The molecule has 0 saturated heterocycles. The molecule has 0 spiro atoms. The Balaban J connectivity index is 4.73. The molecule has 3 amide bonds. The summed E-state index contributed by atoms with van der Waals surface area (Å²) in [5.74, 6) is -3.82. The standard InChI is InChI=1S/C15H29N5O7/c1-8(15(26)27)18-13(24)10(6-21)20-14(25)11(7-22)19-12(23)9(17)4-2-3-5-16/h8-11,21-22H,2-7,16-17H2,1H3,(H,18,24)(H,19,23)(H,20,25)(H,26,27). The van der Waals surface area contributed by atoms with Crippen molar-refractivity contribution in [2.24, 2.45) is 11.5 Å². The second-order valence-electron chi connectivity index (χ2n) is 5.95. The number of rotatable bonds is 13. The molecule has 0 rings (SSSR count). The van der Waals surface area contributed by atoms with Crippen LogP contribution in [0, 0.1) is 0 Å². The highest BCUT2D eigenvalue weighted by atomic mass is 16.4. The molecular weight excluding hydrogens is 362 g/mol. The number of amides is 3. The molecule has 0 bridgehead atoms. The van der Waals surface area contributed by atoms with E-state index in [1.54, 1.807) is 0 Å². The highest BCUT2D eigenvalue weighted by molar-refractivity contribution is 5.94. The number of hydrogen-bond donors (Lipinski definition) is 8. The first-order valence-corrected chi connectivity index (χ1v) is 8.49. The molecule has 12 nitrogen and oxygen atoms in total. The van der Waals surface area contributed by atoms with Crippen molar-refractivity contribution in [1.82, 2.24) is 16.0 Å². The van der Waals surface area contributed by atoms with Gasteiger partial charge in [0.15, 0.2) is 0 Å². The molecule has 0 aliphatic rings. The minimum absolute atomic E-state index is 0.345. The SMILES string of the molecule is CC(NC(=O)C(CO)NC(=O)C(CO)NC(=O)C(N)CCCCN)C(=O)O. The summed E-state index contributed by atoms with van der Waals surface area (Å²) in [6, 6.07) is -4.98. The van der Waals surface area contributed by atoms with Crippen LogP contribution in [-0.4, -0.2) is 82.9 Å². The average Bonchev–Trinajstić information content (AvgIpc) is 2.63. The molecule has 0 aliphatic carbocycles. The van der Waals surface area contributed by atoms with Crippen molar-refractivity contribution in [1.29, 1.82) is 0 Å². The van der Waals surface area contributed by atoms with Crippen LogP contribution < -0.4 is 27.4 Å². The van der Waals surface area contributed by atoms with Gasteiger partial charge in [-0.15, -0.1) is 0 Å². The quantitative estimate of drug-likeness (QED) is 0.143. The molecule has 0 aromatic carbocycles. The Morgan fingerprint density at radius 1 is 0.889 bits per heavy atom. The number of carboxylic acid groups (broad SMARTS) is 1. The minimum atomic E-state index is -1.46. The number of nitrogens with two attached hydrogens (primary N) is 2. The van der Waals surface area contributed by atoms with E-state index in [1.165, 1.54) is 6.92 Å². The zero-order valence-electron chi connectivity index (χ0n) is 15.2. The Kier molecular flexibility index (Phi) is 11.9. The van der Waals surface area contributed by atoms with Crippen LogP contribution in [0.15, 0.2) is 0 Å². The summed E-state index contributed by atoms with van der Waals surface area (Å²) in [6.45, 7) is 0.0907. The van der Waals surface area contributed by atoms with Crippen LogP contribution in [0.1, 0.15) is 26.2 Å². The Bertz CT molecular complexity index is 517. The number of carbonyl (C=O) groups is 4. The molecule has 0 aromatic heterocycles. The predicted octanol–water partition coefficient (Wildman–Crippen LogP) is -4.01.